The topological polar surface area (TPSA) is 109 Å². The number of aryl methyl sites for hydroxylation is 2. The Kier molecular flexibility index (Phi) is 2.88. The van der Waals surface area contributed by atoms with E-state index < -0.39 is 6.09 Å². The van der Waals surface area contributed by atoms with E-state index in [-0.39, 0.29) is 5.88 Å². The summed E-state index contributed by atoms with van der Waals surface area (Å²) in [5, 5.41) is 4.01. The summed E-state index contributed by atoms with van der Waals surface area (Å²) in [5.74, 6) is 0.249. The number of nitrogen functional groups attached to an aromatic ring is 1. The highest BCUT2D eigenvalue weighted by atomic mass is 16.6. The van der Waals surface area contributed by atoms with Crippen molar-refractivity contribution in [1.82, 2.24) is 14.8 Å². The summed E-state index contributed by atoms with van der Waals surface area (Å²) in [6.07, 6.45) is 0.656. The second kappa shape index (κ2) is 4.36. The fraction of sp³-hybridized carbons (Fsp3) is 0.182. The van der Waals surface area contributed by atoms with Crippen LogP contribution in [0, 0.1) is 6.92 Å². The van der Waals surface area contributed by atoms with Crippen LogP contribution in [0.15, 0.2) is 18.3 Å². The van der Waals surface area contributed by atoms with Gasteiger partial charge in [0.15, 0.2) is 0 Å². The lowest BCUT2D eigenvalue weighted by Gasteiger charge is -2.06. The molecule has 2 rings (SSSR count). The van der Waals surface area contributed by atoms with Crippen LogP contribution >= 0.6 is 0 Å². The van der Waals surface area contributed by atoms with Crippen molar-refractivity contribution in [1.29, 1.82) is 0 Å². The van der Waals surface area contributed by atoms with Crippen LogP contribution in [-0.2, 0) is 7.05 Å². The molecule has 7 heteroatoms. The molecule has 0 aliphatic carbocycles. The standard InChI is InChI=1S/C11H13N5O2/c1-6-8(12)3-4-9(15-6)7-5-14-16(2)10(7)18-11(13)17/h3-5H,12H2,1-2H3,(H2,13,17). The molecule has 7 nitrogen and oxygen atoms in total. The summed E-state index contributed by atoms with van der Waals surface area (Å²) in [4.78, 5) is 15.2. The van der Waals surface area contributed by atoms with E-state index in [9.17, 15) is 4.79 Å². The molecular formula is C11H13N5O2. The Morgan fingerprint density at radius 2 is 2.17 bits per heavy atom. The molecule has 4 N–H and O–H groups in total. The average molecular weight is 247 g/mol. The van der Waals surface area contributed by atoms with E-state index in [1.807, 2.05) is 0 Å². The molecule has 2 aromatic rings. The molecule has 0 aromatic carbocycles. The number of nitrogens with two attached hydrogens (primary N) is 2. The van der Waals surface area contributed by atoms with E-state index in [4.69, 9.17) is 16.2 Å². The van der Waals surface area contributed by atoms with Crippen molar-refractivity contribution in [3.05, 3.63) is 24.0 Å². The highest BCUT2D eigenvalue weighted by molar-refractivity contribution is 5.73. The quantitative estimate of drug-likeness (QED) is 0.816. The monoisotopic (exact) mass is 247 g/mol. The lowest BCUT2D eigenvalue weighted by atomic mass is 10.2. The largest absolute Gasteiger partial charge is 0.411 e. The van der Waals surface area contributed by atoms with Gasteiger partial charge in [-0.05, 0) is 19.1 Å². The van der Waals surface area contributed by atoms with Gasteiger partial charge in [0.05, 0.1) is 28.8 Å². The number of anilines is 1. The normalized spacial score (nSPS) is 10.3. The number of amides is 1. The summed E-state index contributed by atoms with van der Waals surface area (Å²) in [7, 11) is 1.64. The van der Waals surface area contributed by atoms with E-state index in [1.54, 1.807) is 32.3 Å². The molecule has 0 spiro atoms. The van der Waals surface area contributed by atoms with Crippen LogP contribution in [0.2, 0.25) is 0 Å². The first-order valence-electron chi connectivity index (χ1n) is 5.22. The Hall–Kier alpha value is -2.57. The summed E-state index contributed by atoms with van der Waals surface area (Å²) >= 11 is 0. The summed E-state index contributed by atoms with van der Waals surface area (Å²) < 4.78 is 6.32. The Morgan fingerprint density at radius 3 is 2.78 bits per heavy atom. The SMILES string of the molecule is Cc1nc(-c2cnn(C)c2OC(N)=O)ccc1N. The lowest BCUT2D eigenvalue weighted by Crippen LogP contribution is -2.18. The van der Waals surface area contributed by atoms with Crippen molar-refractivity contribution in [2.75, 3.05) is 5.73 Å². The summed E-state index contributed by atoms with van der Waals surface area (Å²) in [6, 6.07) is 3.46. The number of ether oxygens (including phenoxy) is 1. The molecule has 94 valence electrons. The molecule has 0 saturated carbocycles. The first-order chi connectivity index (χ1) is 8.49. The number of rotatable bonds is 2. The zero-order chi connectivity index (χ0) is 13.3. The van der Waals surface area contributed by atoms with Gasteiger partial charge in [0.2, 0.25) is 5.88 Å². The van der Waals surface area contributed by atoms with Crippen molar-refractivity contribution in [3.63, 3.8) is 0 Å². The number of hydrogen-bond donors (Lipinski definition) is 2. The molecule has 2 aromatic heterocycles. The second-order valence-corrected chi connectivity index (χ2v) is 3.78. The zero-order valence-corrected chi connectivity index (χ0v) is 10.0. The summed E-state index contributed by atoms with van der Waals surface area (Å²) in [5.41, 5.74) is 13.2. The van der Waals surface area contributed by atoms with Crippen LogP contribution in [0.25, 0.3) is 11.3 Å². The van der Waals surface area contributed by atoms with Gasteiger partial charge in [0.25, 0.3) is 0 Å². The van der Waals surface area contributed by atoms with E-state index in [1.165, 1.54) is 4.68 Å². The maximum Gasteiger partial charge on any atom is 0.411 e. The van der Waals surface area contributed by atoms with Crippen LogP contribution in [0.4, 0.5) is 10.5 Å². The van der Waals surface area contributed by atoms with Gasteiger partial charge in [-0.3, -0.25) is 4.98 Å². The molecule has 2 heterocycles. The molecule has 0 saturated heterocycles. The number of carbonyl (C=O) groups excluding carboxylic acids is 1. The maximum absolute atomic E-state index is 10.8. The van der Waals surface area contributed by atoms with Crippen LogP contribution < -0.4 is 16.2 Å². The Bertz CT molecular complexity index is 605. The van der Waals surface area contributed by atoms with Gasteiger partial charge in [-0.2, -0.15) is 5.10 Å². The first kappa shape index (κ1) is 11.9. The van der Waals surface area contributed by atoms with Crippen molar-refractivity contribution < 1.29 is 9.53 Å². The minimum atomic E-state index is -0.896. The second-order valence-electron chi connectivity index (χ2n) is 3.78. The predicted molar refractivity (Wildman–Crippen MR) is 65.8 cm³/mol. The van der Waals surface area contributed by atoms with Gasteiger partial charge in [0, 0.05) is 7.05 Å². The molecule has 1 amide bonds. The van der Waals surface area contributed by atoms with Crippen molar-refractivity contribution >= 4 is 11.8 Å². The molecule has 0 bridgehead atoms. The smallest absolute Gasteiger partial charge is 0.397 e. The molecule has 0 atom stereocenters. The number of hydrogen-bond acceptors (Lipinski definition) is 5. The Morgan fingerprint density at radius 1 is 1.44 bits per heavy atom. The fourth-order valence-corrected chi connectivity index (χ4v) is 1.54. The molecule has 0 unspecified atom stereocenters. The van der Waals surface area contributed by atoms with Crippen molar-refractivity contribution in [3.8, 4) is 17.1 Å². The van der Waals surface area contributed by atoms with Crippen LogP contribution in [-0.4, -0.2) is 20.9 Å². The number of primary amides is 1. The minimum absolute atomic E-state index is 0.249. The third kappa shape index (κ3) is 2.10. The Labute approximate surface area is 103 Å². The van der Waals surface area contributed by atoms with E-state index in [0.717, 1.165) is 0 Å². The van der Waals surface area contributed by atoms with Gasteiger partial charge >= 0.3 is 6.09 Å². The van der Waals surface area contributed by atoms with Crippen LogP contribution in [0.5, 0.6) is 5.88 Å². The van der Waals surface area contributed by atoms with E-state index in [0.29, 0.717) is 22.6 Å². The summed E-state index contributed by atoms with van der Waals surface area (Å²) in [6.45, 7) is 1.80. The van der Waals surface area contributed by atoms with Gasteiger partial charge < -0.3 is 16.2 Å². The van der Waals surface area contributed by atoms with E-state index in [2.05, 4.69) is 10.1 Å². The lowest BCUT2D eigenvalue weighted by molar-refractivity contribution is 0.207. The minimum Gasteiger partial charge on any atom is -0.397 e. The molecule has 0 aliphatic rings. The molecule has 18 heavy (non-hydrogen) atoms. The highest BCUT2D eigenvalue weighted by Gasteiger charge is 2.15. The number of carbonyl (C=O) groups is 1. The first-order valence-corrected chi connectivity index (χ1v) is 5.22. The highest BCUT2D eigenvalue weighted by Crippen LogP contribution is 2.28. The average Bonchev–Trinajstić information content (AvgIpc) is 2.64. The fourth-order valence-electron chi connectivity index (χ4n) is 1.54. The molecular weight excluding hydrogens is 234 g/mol. The van der Waals surface area contributed by atoms with Gasteiger partial charge in [-0.25, -0.2) is 9.48 Å². The van der Waals surface area contributed by atoms with Crippen molar-refractivity contribution in [2.45, 2.75) is 6.92 Å². The number of pyridine rings is 1. The van der Waals surface area contributed by atoms with Gasteiger partial charge in [0.1, 0.15) is 0 Å². The van der Waals surface area contributed by atoms with Crippen LogP contribution in [0.3, 0.4) is 0 Å². The maximum atomic E-state index is 10.8. The zero-order valence-electron chi connectivity index (χ0n) is 10.0. The number of aromatic nitrogens is 3. The third-order valence-corrected chi connectivity index (χ3v) is 2.48. The number of nitrogens with zero attached hydrogens (tertiary/aromatic N) is 3. The van der Waals surface area contributed by atoms with Gasteiger partial charge in [-0.1, -0.05) is 0 Å². The van der Waals surface area contributed by atoms with Crippen molar-refractivity contribution in [2.24, 2.45) is 12.8 Å². The van der Waals surface area contributed by atoms with Gasteiger partial charge in [-0.15, -0.1) is 0 Å². The molecule has 0 fully saturated rings. The predicted octanol–water partition coefficient (Wildman–Crippen LogP) is 0.830. The molecule has 0 radical (unpaired) electrons. The van der Waals surface area contributed by atoms with E-state index >= 15 is 0 Å². The third-order valence-electron chi connectivity index (χ3n) is 2.48. The molecule has 0 aliphatic heterocycles. The Balaban J connectivity index is 2.50. The van der Waals surface area contributed by atoms with Crippen LogP contribution in [0.1, 0.15) is 5.69 Å².